The summed E-state index contributed by atoms with van der Waals surface area (Å²) in [5.74, 6) is 0. The lowest BCUT2D eigenvalue weighted by Crippen LogP contribution is -1.77. The van der Waals surface area contributed by atoms with Crippen molar-refractivity contribution in [3.8, 4) is 22.3 Å². The smallest absolute Gasteiger partial charge is 0.0181 e. The fourth-order valence-corrected chi connectivity index (χ4v) is 4.27. The van der Waals surface area contributed by atoms with E-state index < -0.39 is 0 Å². The maximum absolute atomic E-state index is 3.47. The summed E-state index contributed by atoms with van der Waals surface area (Å²) < 4.78 is 4.43. The number of benzene rings is 4. The highest BCUT2D eigenvalue weighted by Crippen LogP contribution is 2.26. The fraction of sp³-hybridized carbons (Fsp3) is 0. The topological polar surface area (TPSA) is 31.5 Å². The van der Waals surface area contributed by atoms with Crippen LogP contribution in [0.3, 0.4) is 0 Å². The van der Waals surface area contributed by atoms with Gasteiger partial charge >= 0.3 is 0 Å². The zero-order valence-electron chi connectivity index (χ0n) is 15.2. The van der Waals surface area contributed by atoms with E-state index in [1.165, 1.54) is 22.3 Å². The monoisotopic (exact) mass is 638 g/mol. The van der Waals surface area contributed by atoms with Crippen LogP contribution in [-0.4, -0.2) is 5.48 Å². The molecule has 0 heterocycles. The molecule has 4 aromatic carbocycles. The van der Waals surface area contributed by atoms with Crippen molar-refractivity contribution in [3.05, 3.63) is 115 Å². The summed E-state index contributed by atoms with van der Waals surface area (Å²) in [6.07, 6.45) is 0. The van der Waals surface area contributed by atoms with Crippen LogP contribution < -0.4 is 0 Å². The maximum atomic E-state index is 3.47. The minimum Gasteiger partial charge on any atom is -0.412 e. The van der Waals surface area contributed by atoms with Crippen LogP contribution in [0.4, 0.5) is 0 Å². The van der Waals surface area contributed by atoms with Crippen LogP contribution in [0.15, 0.2) is 115 Å². The number of hydrogen-bond acceptors (Lipinski definition) is 0. The first kappa shape index (κ1) is 24.0. The first-order chi connectivity index (χ1) is 13.5. The normalized spacial score (nSPS) is 9.79. The molecule has 2 N–H and O–H groups in total. The molecular formula is C24H18Br4O. The molecule has 0 fully saturated rings. The summed E-state index contributed by atoms with van der Waals surface area (Å²) in [5, 5.41) is 0. The predicted octanol–water partition coefficient (Wildman–Crippen LogP) is 8.93. The van der Waals surface area contributed by atoms with Crippen LogP contribution in [0.25, 0.3) is 22.3 Å². The fourth-order valence-electron chi connectivity index (χ4n) is 2.67. The van der Waals surface area contributed by atoms with Gasteiger partial charge in [0.15, 0.2) is 0 Å². The van der Waals surface area contributed by atoms with E-state index in [1.54, 1.807) is 0 Å². The van der Waals surface area contributed by atoms with E-state index in [-0.39, 0.29) is 5.48 Å². The van der Waals surface area contributed by atoms with Crippen molar-refractivity contribution in [1.82, 2.24) is 0 Å². The molecule has 0 aliphatic rings. The second-order valence-corrected chi connectivity index (χ2v) is 9.70. The molecule has 4 aromatic rings. The van der Waals surface area contributed by atoms with Gasteiger partial charge in [0.1, 0.15) is 0 Å². The van der Waals surface area contributed by atoms with E-state index in [0.717, 1.165) is 17.9 Å². The third-order valence-electron chi connectivity index (χ3n) is 3.97. The van der Waals surface area contributed by atoms with Crippen molar-refractivity contribution in [2.24, 2.45) is 0 Å². The first-order valence-electron chi connectivity index (χ1n) is 8.54. The Hall–Kier alpha value is -1.24. The van der Waals surface area contributed by atoms with Crippen LogP contribution >= 0.6 is 63.7 Å². The first-order valence-corrected chi connectivity index (χ1v) is 11.7. The Balaban J connectivity index is 0.000000200. The van der Waals surface area contributed by atoms with E-state index in [4.69, 9.17) is 0 Å². The van der Waals surface area contributed by atoms with Crippen LogP contribution in [0.5, 0.6) is 0 Å². The Bertz CT molecular complexity index is 905. The standard InChI is InChI=1S/2C12H8Br2.H2O/c2*13-11-5-1-3-9(7-11)10-4-2-6-12(14)8-10;/h2*1-8H;1H2. The van der Waals surface area contributed by atoms with Crippen LogP contribution in [0.1, 0.15) is 0 Å². The van der Waals surface area contributed by atoms with E-state index in [2.05, 4.69) is 112 Å². The molecule has 0 radical (unpaired) electrons. The molecule has 0 aliphatic heterocycles. The lowest BCUT2D eigenvalue weighted by atomic mass is 10.1. The third-order valence-corrected chi connectivity index (χ3v) is 5.94. The summed E-state index contributed by atoms with van der Waals surface area (Å²) in [6, 6.07) is 33.2. The molecule has 0 saturated heterocycles. The van der Waals surface area contributed by atoms with Crippen molar-refractivity contribution < 1.29 is 5.48 Å². The van der Waals surface area contributed by atoms with E-state index >= 15 is 0 Å². The molecule has 0 aliphatic carbocycles. The van der Waals surface area contributed by atoms with E-state index in [9.17, 15) is 0 Å². The Morgan fingerprint density at radius 2 is 0.552 bits per heavy atom. The average molecular weight is 642 g/mol. The maximum Gasteiger partial charge on any atom is 0.0181 e. The lowest BCUT2D eigenvalue weighted by Gasteiger charge is -2.02. The zero-order valence-corrected chi connectivity index (χ0v) is 21.6. The second kappa shape index (κ2) is 11.8. The van der Waals surface area contributed by atoms with E-state index in [1.807, 2.05) is 48.5 Å². The summed E-state index contributed by atoms with van der Waals surface area (Å²) >= 11 is 13.9. The molecule has 4 rings (SSSR count). The molecule has 0 saturated carbocycles. The van der Waals surface area contributed by atoms with Gasteiger partial charge in [0.2, 0.25) is 0 Å². The molecule has 148 valence electrons. The Morgan fingerprint density at radius 1 is 0.345 bits per heavy atom. The molecule has 1 nitrogen and oxygen atoms in total. The van der Waals surface area contributed by atoms with Crippen molar-refractivity contribution in [2.45, 2.75) is 0 Å². The minimum atomic E-state index is 0. The molecule has 0 bridgehead atoms. The minimum absolute atomic E-state index is 0. The number of rotatable bonds is 2. The van der Waals surface area contributed by atoms with Crippen LogP contribution in [0, 0.1) is 0 Å². The Labute approximate surface area is 205 Å². The molecule has 0 unspecified atom stereocenters. The number of halogens is 4. The van der Waals surface area contributed by atoms with Gasteiger partial charge in [0.05, 0.1) is 0 Å². The van der Waals surface area contributed by atoms with Gasteiger partial charge in [0.25, 0.3) is 0 Å². The van der Waals surface area contributed by atoms with Crippen molar-refractivity contribution >= 4 is 63.7 Å². The highest BCUT2D eigenvalue weighted by atomic mass is 79.9. The SMILES string of the molecule is Brc1cccc(-c2cccc(Br)c2)c1.Brc1cccc(-c2cccc(Br)c2)c1.O. The quantitative estimate of drug-likeness (QED) is 0.209. The summed E-state index contributed by atoms with van der Waals surface area (Å²) in [7, 11) is 0. The summed E-state index contributed by atoms with van der Waals surface area (Å²) in [5.41, 5.74) is 4.89. The lowest BCUT2D eigenvalue weighted by molar-refractivity contribution is 0.824. The highest BCUT2D eigenvalue weighted by molar-refractivity contribution is 9.11. The summed E-state index contributed by atoms with van der Waals surface area (Å²) in [6.45, 7) is 0. The molecule has 0 amide bonds. The van der Waals surface area contributed by atoms with Gasteiger partial charge in [-0.2, -0.15) is 0 Å². The van der Waals surface area contributed by atoms with Gasteiger partial charge in [-0.15, -0.1) is 0 Å². The van der Waals surface area contributed by atoms with Gasteiger partial charge < -0.3 is 5.48 Å². The highest BCUT2D eigenvalue weighted by Gasteiger charge is 1.99. The molecule has 0 aromatic heterocycles. The summed E-state index contributed by atoms with van der Waals surface area (Å²) in [4.78, 5) is 0. The van der Waals surface area contributed by atoms with Gasteiger partial charge in [-0.3, -0.25) is 0 Å². The Kier molecular flexibility index (Phi) is 9.80. The molecular weight excluding hydrogens is 624 g/mol. The van der Waals surface area contributed by atoms with Gasteiger partial charge in [-0.25, -0.2) is 0 Å². The predicted molar refractivity (Wildman–Crippen MR) is 138 cm³/mol. The zero-order chi connectivity index (χ0) is 19.9. The van der Waals surface area contributed by atoms with Crippen LogP contribution in [-0.2, 0) is 0 Å². The Morgan fingerprint density at radius 3 is 0.724 bits per heavy atom. The largest absolute Gasteiger partial charge is 0.412 e. The van der Waals surface area contributed by atoms with E-state index in [0.29, 0.717) is 0 Å². The van der Waals surface area contributed by atoms with Crippen LogP contribution in [0.2, 0.25) is 0 Å². The molecule has 5 heteroatoms. The molecule has 0 atom stereocenters. The van der Waals surface area contributed by atoms with Gasteiger partial charge in [0, 0.05) is 17.9 Å². The number of hydrogen-bond donors (Lipinski definition) is 0. The molecule has 0 spiro atoms. The second-order valence-electron chi connectivity index (χ2n) is 6.04. The van der Waals surface area contributed by atoms with Gasteiger partial charge in [-0.1, -0.05) is 112 Å². The van der Waals surface area contributed by atoms with Crippen molar-refractivity contribution in [3.63, 3.8) is 0 Å². The molecule has 29 heavy (non-hydrogen) atoms. The third kappa shape index (κ3) is 7.50. The van der Waals surface area contributed by atoms with Gasteiger partial charge in [-0.05, 0) is 70.8 Å². The van der Waals surface area contributed by atoms with Crippen molar-refractivity contribution in [1.29, 1.82) is 0 Å². The average Bonchev–Trinajstić information content (AvgIpc) is 2.69. The van der Waals surface area contributed by atoms with Crippen molar-refractivity contribution in [2.75, 3.05) is 0 Å².